The second kappa shape index (κ2) is 5.97. The highest BCUT2D eigenvalue weighted by Gasteiger charge is 2.19. The van der Waals surface area contributed by atoms with Crippen molar-refractivity contribution in [2.75, 3.05) is 7.11 Å². The summed E-state index contributed by atoms with van der Waals surface area (Å²) in [5, 5.41) is 0. The van der Waals surface area contributed by atoms with Gasteiger partial charge in [0.05, 0.1) is 12.1 Å². The zero-order valence-corrected chi connectivity index (χ0v) is 10.2. The summed E-state index contributed by atoms with van der Waals surface area (Å²) in [5.74, 6) is -0.224. The van der Waals surface area contributed by atoms with Gasteiger partial charge >= 0.3 is 0 Å². The largest absolute Gasteiger partial charge is 0.379 e. The maximum absolute atomic E-state index is 13.0. The average Bonchev–Trinajstić information content (AvgIpc) is 2.25. The Morgan fingerprint density at radius 1 is 1.44 bits per heavy atom. The summed E-state index contributed by atoms with van der Waals surface area (Å²) in [6.07, 6.45) is 1.93. The van der Waals surface area contributed by atoms with Crippen LogP contribution in [0.5, 0.6) is 0 Å². The number of hydrogen-bond donors (Lipinski definition) is 1. The van der Waals surface area contributed by atoms with Gasteiger partial charge in [0.2, 0.25) is 0 Å². The van der Waals surface area contributed by atoms with E-state index in [1.165, 1.54) is 12.1 Å². The molecule has 1 aromatic rings. The van der Waals surface area contributed by atoms with E-state index in [9.17, 15) is 4.39 Å². The number of ether oxygens (including phenoxy) is 1. The summed E-state index contributed by atoms with van der Waals surface area (Å²) in [4.78, 5) is 0. The Kier molecular flexibility index (Phi) is 4.90. The second-order valence-corrected chi connectivity index (χ2v) is 4.09. The van der Waals surface area contributed by atoms with Gasteiger partial charge in [-0.15, -0.1) is 0 Å². The lowest BCUT2D eigenvalue weighted by Gasteiger charge is -2.23. The molecule has 1 rings (SSSR count). The molecule has 2 atom stereocenters. The molecule has 0 heterocycles. The third-order valence-electron chi connectivity index (χ3n) is 2.87. The van der Waals surface area contributed by atoms with Gasteiger partial charge in [-0.1, -0.05) is 19.4 Å². The molecule has 0 aromatic heterocycles. The standard InChI is InChI=1S/C13H20FNO/c1-4-5-12(16-3)13(15)11-7-6-10(14)8-9(11)2/h6-8,12-13H,4-5,15H2,1-3H3. The quantitative estimate of drug-likeness (QED) is 0.836. The average molecular weight is 225 g/mol. The van der Waals surface area contributed by atoms with Crippen LogP contribution in [0.25, 0.3) is 0 Å². The minimum atomic E-state index is -0.224. The summed E-state index contributed by atoms with van der Waals surface area (Å²) in [6, 6.07) is 4.51. The topological polar surface area (TPSA) is 35.2 Å². The first kappa shape index (κ1) is 13.1. The van der Waals surface area contributed by atoms with E-state index in [0.29, 0.717) is 0 Å². The van der Waals surface area contributed by atoms with Gasteiger partial charge < -0.3 is 10.5 Å². The molecule has 0 saturated heterocycles. The van der Waals surface area contributed by atoms with E-state index in [0.717, 1.165) is 24.0 Å². The lowest BCUT2D eigenvalue weighted by Crippen LogP contribution is -2.28. The van der Waals surface area contributed by atoms with E-state index in [2.05, 4.69) is 6.92 Å². The van der Waals surface area contributed by atoms with E-state index < -0.39 is 0 Å². The Bertz CT molecular complexity index is 341. The third kappa shape index (κ3) is 3.03. The van der Waals surface area contributed by atoms with Crippen LogP contribution in [0, 0.1) is 12.7 Å². The van der Waals surface area contributed by atoms with Crippen LogP contribution in [0.2, 0.25) is 0 Å². The van der Waals surface area contributed by atoms with Crippen molar-refractivity contribution in [1.29, 1.82) is 0 Å². The van der Waals surface area contributed by atoms with E-state index in [4.69, 9.17) is 10.5 Å². The zero-order valence-electron chi connectivity index (χ0n) is 10.2. The van der Waals surface area contributed by atoms with Crippen molar-refractivity contribution in [1.82, 2.24) is 0 Å². The fourth-order valence-corrected chi connectivity index (χ4v) is 1.94. The Balaban J connectivity index is 2.89. The molecule has 1 aromatic carbocycles. The van der Waals surface area contributed by atoms with Gasteiger partial charge in [-0.25, -0.2) is 4.39 Å². The molecule has 0 aliphatic carbocycles. The first-order valence-corrected chi connectivity index (χ1v) is 5.64. The van der Waals surface area contributed by atoms with E-state index in [1.54, 1.807) is 13.2 Å². The van der Waals surface area contributed by atoms with Crippen molar-refractivity contribution >= 4 is 0 Å². The summed E-state index contributed by atoms with van der Waals surface area (Å²) in [5.41, 5.74) is 7.98. The lowest BCUT2D eigenvalue weighted by molar-refractivity contribution is 0.0723. The molecule has 0 aliphatic rings. The number of hydrogen-bond acceptors (Lipinski definition) is 2. The molecule has 0 fully saturated rings. The predicted molar refractivity (Wildman–Crippen MR) is 63.8 cm³/mol. The van der Waals surface area contributed by atoms with Crippen LogP contribution in [0.15, 0.2) is 18.2 Å². The molecule has 0 radical (unpaired) electrons. The normalized spacial score (nSPS) is 14.8. The molecule has 2 N–H and O–H groups in total. The highest BCUT2D eigenvalue weighted by atomic mass is 19.1. The van der Waals surface area contributed by atoms with Crippen LogP contribution in [-0.2, 0) is 4.74 Å². The van der Waals surface area contributed by atoms with Gasteiger partial charge in [-0.05, 0) is 36.6 Å². The SMILES string of the molecule is CCCC(OC)C(N)c1ccc(F)cc1C. The van der Waals surface area contributed by atoms with Gasteiger partial charge in [0.1, 0.15) is 5.82 Å². The number of aryl methyl sites for hydroxylation is 1. The molecule has 0 aliphatic heterocycles. The second-order valence-electron chi connectivity index (χ2n) is 4.09. The third-order valence-corrected chi connectivity index (χ3v) is 2.87. The van der Waals surface area contributed by atoms with Crippen LogP contribution in [0.3, 0.4) is 0 Å². The van der Waals surface area contributed by atoms with Crippen molar-refractivity contribution in [2.24, 2.45) is 5.73 Å². The highest BCUT2D eigenvalue weighted by Crippen LogP contribution is 2.23. The Morgan fingerprint density at radius 3 is 2.62 bits per heavy atom. The van der Waals surface area contributed by atoms with Crippen molar-refractivity contribution < 1.29 is 9.13 Å². The Labute approximate surface area is 96.6 Å². The van der Waals surface area contributed by atoms with E-state index in [1.807, 2.05) is 6.92 Å². The number of rotatable bonds is 5. The van der Waals surface area contributed by atoms with Crippen molar-refractivity contribution in [3.63, 3.8) is 0 Å². The molecule has 0 spiro atoms. The lowest BCUT2D eigenvalue weighted by atomic mass is 9.95. The first-order chi connectivity index (χ1) is 7.60. The maximum Gasteiger partial charge on any atom is 0.123 e. The molecule has 0 saturated carbocycles. The number of nitrogens with two attached hydrogens (primary N) is 1. The fraction of sp³-hybridized carbons (Fsp3) is 0.538. The number of benzene rings is 1. The minimum Gasteiger partial charge on any atom is -0.379 e. The smallest absolute Gasteiger partial charge is 0.123 e. The Hall–Kier alpha value is -0.930. The molecule has 0 bridgehead atoms. The van der Waals surface area contributed by atoms with E-state index in [-0.39, 0.29) is 18.0 Å². The van der Waals surface area contributed by atoms with E-state index >= 15 is 0 Å². The van der Waals surface area contributed by atoms with Crippen molar-refractivity contribution in [3.05, 3.63) is 35.1 Å². The van der Waals surface area contributed by atoms with Gasteiger partial charge in [0, 0.05) is 7.11 Å². The first-order valence-electron chi connectivity index (χ1n) is 5.64. The predicted octanol–water partition coefficient (Wildman–Crippen LogP) is 2.95. The monoisotopic (exact) mass is 225 g/mol. The molecule has 2 nitrogen and oxygen atoms in total. The molecular formula is C13H20FNO. The summed E-state index contributed by atoms with van der Waals surface area (Å²) >= 11 is 0. The van der Waals surface area contributed by atoms with Crippen molar-refractivity contribution in [3.8, 4) is 0 Å². The molecule has 2 unspecified atom stereocenters. The van der Waals surface area contributed by atoms with Crippen LogP contribution >= 0.6 is 0 Å². The fourth-order valence-electron chi connectivity index (χ4n) is 1.94. The van der Waals surface area contributed by atoms with Gasteiger partial charge in [0.15, 0.2) is 0 Å². The van der Waals surface area contributed by atoms with Crippen molar-refractivity contribution in [2.45, 2.75) is 38.8 Å². The zero-order chi connectivity index (χ0) is 12.1. The molecule has 16 heavy (non-hydrogen) atoms. The van der Waals surface area contributed by atoms with Crippen LogP contribution in [-0.4, -0.2) is 13.2 Å². The van der Waals surface area contributed by atoms with Crippen LogP contribution in [0.4, 0.5) is 4.39 Å². The maximum atomic E-state index is 13.0. The number of halogens is 1. The molecule has 3 heteroatoms. The van der Waals surface area contributed by atoms with Gasteiger partial charge in [-0.2, -0.15) is 0 Å². The summed E-state index contributed by atoms with van der Waals surface area (Å²) < 4.78 is 18.3. The summed E-state index contributed by atoms with van der Waals surface area (Å²) in [6.45, 7) is 3.97. The van der Waals surface area contributed by atoms with Crippen LogP contribution in [0.1, 0.15) is 36.9 Å². The summed E-state index contributed by atoms with van der Waals surface area (Å²) in [7, 11) is 1.67. The van der Waals surface area contributed by atoms with Crippen LogP contribution < -0.4 is 5.73 Å². The minimum absolute atomic E-state index is 0.00541. The Morgan fingerprint density at radius 2 is 2.12 bits per heavy atom. The van der Waals surface area contributed by atoms with Gasteiger partial charge in [-0.3, -0.25) is 0 Å². The molecule has 0 amide bonds. The number of methoxy groups -OCH3 is 1. The van der Waals surface area contributed by atoms with Gasteiger partial charge in [0.25, 0.3) is 0 Å². The highest BCUT2D eigenvalue weighted by molar-refractivity contribution is 5.30. The molecule has 90 valence electrons. The molecular weight excluding hydrogens is 205 g/mol.